The Morgan fingerprint density at radius 2 is 1.59 bits per heavy atom. The van der Waals surface area contributed by atoms with Crippen molar-refractivity contribution in [3.63, 3.8) is 0 Å². The molecule has 7 nitrogen and oxygen atoms in total. The first kappa shape index (κ1) is 22.9. The summed E-state index contributed by atoms with van der Waals surface area (Å²) in [4.78, 5) is 26.8. The topological polar surface area (TPSA) is 85.3 Å². The lowest BCUT2D eigenvalue weighted by Gasteiger charge is -2.28. The quantitative estimate of drug-likeness (QED) is 0.522. The van der Waals surface area contributed by atoms with Crippen LogP contribution in [0, 0.1) is 0 Å². The van der Waals surface area contributed by atoms with E-state index in [1.807, 2.05) is 36.4 Å². The zero-order chi connectivity index (χ0) is 24.2. The van der Waals surface area contributed by atoms with Gasteiger partial charge in [-0.3, -0.25) is 4.79 Å². The molecule has 1 aliphatic rings. The van der Waals surface area contributed by atoms with E-state index in [1.165, 1.54) is 7.11 Å². The van der Waals surface area contributed by atoms with Crippen molar-refractivity contribution in [1.82, 2.24) is 4.90 Å². The first-order valence-corrected chi connectivity index (χ1v) is 10.7. The lowest BCUT2D eigenvalue weighted by atomic mass is 9.92. The number of esters is 1. The van der Waals surface area contributed by atoms with Gasteiger partial charge in [0.25, 0.3) is 5.91 Å². The van der Waals surface area contributed by atoms with E-state index in [-0.39, 0.29) is 12.3 Å². The average molecular weight is 459 g/mol. The van der Waals surface area contributed by atoms with Gasteiger partial charge in [0.1, 0.15) is 11.5 Å². The number of hydrogen-bond acceptors (Lipinski definition) is 6. The zero-order valence-corrected chi connectivity index (χ0v) is 19.1. The highest BCUT2D eigenvalue weighted by atomic mass is 16.5. The van der Waals surface area contributed by atoms with E-state index < -0.39 is 17.9 Å². The van der Waals surface area contributed by atoms with Gasteiger partial charge in [-0.05, 0) is 53.1 Å². The molecular weight excluding hydrogens is 434 g/mol. The van der Waals surface area contributed by atoms with Gasteiger partial charge in [-0.15, -0.1) is 0 Å². The van der Waals surface area contributed by atoms with Gasteiger partial charge in [-0.25, -0.2) is 4.79 Å². The number of methoxy groups -OCH3 is 3. The third kappa shape index (κ3) is 4.32. The van der Waals surface area contributed by atoms with Crippen molar-refractivity contribution in [2.75, 3.05) is 21.3 Å². The normalized spacial score (nSPS) is 15.4. The molecule has 1 unspecified atom stereocenters. The maximum Gasteiger partial charge on any atom is 0.337 e. The summed E-state index contributed by atoms with van der Waals surface area (Å²) in [6, 6.07) is 20.9. The minimum absolute atomic E-state index is 0.253. The second-order valence-electron chi connectivity index (χ2n) is 7.79. The Labute approximate surface area is 197 Å². The lowest BCUT2D eigenvalue weighted by Crippen LogP contribution is -2.29. The van der Waals surface area contributed by atoms with Crippen LogP contribution in [-0.4, -0.2) is 43.2 Å². The van der Waals surface area contributed by atoms with Gasteiger partial charge in [0.05, 0.1) is 32.9 Å². The third-order valence-corrected chi connectivity index (χ3v) is 5.84. The average Bonchev–Trinajstić information content (AvgIpc) is 3.13. The van der Waals surface area contributed by atoms with Crippen LogP contribution in [-0.2, 0) is 16.1 Å². The molecule has 1 aliphatic heterocycles. The Kier molecular flexibility index (Phi) is 6.54. The molecule has 3 aromatic carbocycles. The predicted octanol–water partition coefficient (Wildman–Crippen LogP) is 4.54. The van der Waals surface area contributed by atoms with Gasteiger partial charge in [0.15, 0.2) is 5.76 Å². The van der Waals surface area contributed by atoms with Gasteiger partial charge in [0.2, 0.25) is 0 Å². The molecule has 0 saturated heterocycles. The SMILES string of the molecule is COC(=O)c1ccc(C2C(c3ccc(OC)cc3)=C(O)C(=O)N2Cc2cccc(OC)c2)cc1. The largest absolute Gasteiger partial charge is 0.503 e. The van der Waals surface area contributed by atoms with E-state index in [1.54, 1.807) is 55.5 Å². The molecule has 0 saturated carbocycles. The Morgan fingerprint density at radius 3 is 2.21 bits per heavy atom. The van der Waals surface area contributed by atoms with E-state index in [0.29, 0.717) is 28.2 Å². The molecule has 0 aromatic heterocycles. The minimum atomic E-state index is -0.571. The molecule has 0 radical (unpaired) electrons. The van der Waals surface area contributed by atoms with Gasteiger partial charge in [-0.2, -0.15) is 0 Å². The molecule has 34 heavy (non-hydrogen) atoms. The molecule has 0 fully saturated rings. The van der Waals surface area contributed by atoms with Crippen LogP contribution in [0.25, 0.3) is 5.57 Å². The van der Waals surface area contributed by atoms with Crippen LogP contribution in [0.5, 0.6) is 11.5 Å². The molecule has 1 amide bonds. The predicted molar refractivity (Wildman–Crippen MR) is 127 cm³/mol. The fourth-order valence-electron chi connectivity index (χ4n) is 4.12. The maximum absolute atomic E-state index is 13.3. The Bertz CT molecular complexity index is 1230. The maximum atomic E-state index is 13.3. The van der Waals surface area contributed by atoms with E-state index in [0.717, 1.165) is 11.1 Å². The van der Waals surface area contributed by atoms with E-state index >= 15 is 0 Å². The molecule has 4 rings (SSSR count). The highest BCUT2D eigenvalue weighted by Crippen LogP contribution is 2.44. The standard InChI is InChI=1S/C27H25NO6/c1-32-21-13-11-18(12-14-21)23-24(19-7-9-20(10-8-19)27(31)34-3)28(26(30)25(23)29)16-17-5-4-6-22(15-17)33-2/h4-15,24,29H,16H2,1-3H3. The van der Waals surface area contributed by atoms with Crippen LogP contribution < -0.4 is 9.47 Å². The van der Waals surface area contributed by atoms with Crippen LogP contribution in [0.1, 0.15) is 33.1 Å². The first-order chi connectivity index (χ1) is 16.5. The number of aliphatic hydroxyl groups is 1. The van der Waals surface area contributed by atoms with E-state index in [2.05, 4.69) is 0 Å². The molecule has 1 heterocycles. The summed E-state index contributed by atoms with van der Waals surface area (Å²) in [5, 5.41) is 11.0. The summed E-state index contributed by atoms with van der Waals surface area (Å²) in [7, 11) is 4.48. The third-order valence-electron chi connectivity index (χ3n) is 5.84. The lowest BCUT2D eigenvalue weighted by molar-refractivity contribution is -0.130. The number of aliphatic hydroxyl groups excluding tert-OH is 1. The number of carbonyl (C=O) groups is 2. The van der Waals surface area contributed by atoms with Crippen LogP contribution in [0.4, 0.5) is 0 Å². The fourth-order valence-corrected chi connectivity index (χ4v) is 4.12. The molecule has 174 valence electrons. The second-order valence-corrected chi connectivity index (χ2v) is 7.79. The van der Waals surface area contributed by atoms with Gasteiger partial charge >= 0.3 is 5.97 Å². The first-order valence-electron chi connectivity index (χ1n) is 10.7. The molecule has 1 atom stereocenters. The number of amides is 1. The zero-order valence-electron chi connectivity index (χ0n) is 19.1. The number of rotatable bonds is 7. The van der Waals surface area contributed by atoms with Crippen molar-refractivity contribution in [2.24, 2.45) is 0 Å². The number of nitrogens with zero attached hydrogens (tertiary/aromatic N) is 1. The molecule has 0 bridgehead atoms. The van der Waals surface area contributed by atoms with Crippen molar-refractivity contribution in [2.45, 2.75) is 12.6 Å². The second kappa shape index (κ2) is 9.70. The van der Waals surface area contributed by atoms with Crippen molar-refractivity contribution in [1.29, 1.82) is 0 Å². The van der Waals surface area contributed by atoms with Crippen LogP contribution in [0.15, 0.2) is 78.6 Å². The smallest absolute Gasteiger partial charge is 0.337 e. The molecule has 3 aromatic rings. The molecular formula is C27H25NO6. The number of carbonyl (C=O) groups excluding carboxylic acids is 2. The van der Waals surface area contributed by atoms with Gasteiger partial charge in [-0.1, -0.05) is 36.4 Å². The molecule has 1 N–H and O–H groups in total. The summed E-state index contributed by atoms with van der Waals surface area (Å²) >= 11 is 0. The Hall–Kier alpha value is -4.26. The summed E-state index contributed by atoms with van der Waals surface area (Å²) in [6.07, 6.45) is 0. The van der Waals surface area contributed by atoms with Gasteiger partial charge in [0, 0.05) is 12.1 Å². The van der Waals surface area contributed by atoms with Crippen molar-refractivity contribution in [3.8, 4) is 11.5 Å². The highest BCUT2D eigenvalue weighted by molar-refractivity contribution is 6.05. The van der Waals surface area contributed by atoms with Crippen LogP contribution >= 0.6 is 0 Å². The van der Waals surface area contributed by atoms with Crippen LogP contribution in [0.3, 0.4) is 0 Å². The molecule has 7 heteroatoms. The number of ether oxygens (including phenoxy) is 3. The van der Waals surface area contributed by atoms with E-state index in [4.69, 9.17) is 14.2 Å². The monoisotopic (exact) mass is 459 g/mol. The van der Waals surface area contributed by atoms with E-state index in [9.17, 15) is 14.7 Å². The molecule has 0 spiro atoms. The van der Waals surface area contributed by atoms with Crippen LogP contribution in [0.2, 0.25) is 0 Å². The fraction of sp³-hybridized carbons (Fsp3) is 0.185. The van der Waals surface area contributed by atoms with Crippen molar-refractivity contribution in [3.05, 3.63) is 101 Å². The summed E-state index contributed by atoms with van der Waals surface area (Å²) < 4.78 is 15.4. The number of hydrogen-bond donors (Lipinski definition) is 1. The molecule has 0 aliphatic carbocycles. The highest BCUT2D eigenvalue weighted by Gasteiger charge is 2.41. The minimum Gasteiger partial charge on any atom is -0.503 e. The van der Waals surface area contributed by atoms with Crippen molar-refractivity contribution >= 4 is 17.4 Å². The summed E-state index contributed by atoms with van der Waals surface area (Å²) in [5.41, 5.74) is 3.18. The van der Waals surface area contributed by atoms with Gasteiger partial charge < -0.3 is 24.2 Å². The Morgan fingerprint density at radius 1 is 0.912 bits per heavy atom. The number of benzene rings is 3. The van der Waals surface area contributed by atoms with Crippen molar-refractivity contribution < 1.29 is 28.9 Å². The summed E-state index contributed by atoms with van der Waals surface area (Å²) in [5.74, 6) is 0.109. The Balaban J connectivity index is 1.78. The summed E-state index contributed by atoms with van der Waals surface area (Å²) in [6.45, 7) is 0.253.